The highest BCUT2D eigenvalue weighted by Crippen LogP contribution is 2.37. The lowest BCUT2D eigenvalue weighted by molar-refractivity contribution is -0.145. The molecule has 2 saturated heterocycles. The number of carbonyl (C=O) groups excluding carboxylic acids is 3. The predicted molar refractivity (Wildman–Crippen MR) is 101 cm³/mol. The fourth-order valence-corrected chi connectivity index (χ4v) is 4.05. The molecule has 2 aliphatic heterocycles. The van der Waals surface area contributed by atoms with E-state index in [-0.39, 0.29) is 35.7 Å². The molecule has 1 N–H and O–H groups in total. The first-order valence-corrected chi connectivity index (χ1v) is 9.32. The summed E-state index contributed by atoms with van der Waals surface area (Å²) < 4.78 is 10.4. The second-order valence-electron chi connectivity index (χ2n) is 7.29. The summed E-state index contributed by atoms with van der Waals surface area (Å²) >= 11 is 0. The van der Waals surface area contributed by atoms with Gasteiger partial charge in [-0.2, -0.15) is 0 Å². The number of methoxy groups -OCH3 is 2. The van der Waals surface area contributed by atoms with E-state index in [9.17, 15) is 14.4 Å². The van der Waals surface area contributed by atoms with Gasteiger partial charge in [0.2, 0.25) is 11.8 Å². The van der Waals surface area contributed by atoms with Crippen LogP contribution in [0.2, 0.25) is 0 Å². The van der Waals surface area contributed by atoms with Crippen molar-refractivity contribution in [3.8, 4) is 11.5 Å². The maximum atomic E-state index is 12.6. The molecule has 8 heteroatoms. The standard InChI is InChI=1S/C20H23N3O5/c1-27-14-7-12(8-15(9-14)28-2)21-20(26)22-10-13(11-22)23-18(24)16-5-3-4-6-17(16)19(23)25/h3-4,7-9,13,16-17H,5-6,10-11H2,1-2H3,(H,21,26). The molecule has 2 unspecified atom stereocenters. The quantitative estimate of drug-likeness (QED) is 0.631. The summed E-state index contributed by atoms with van der Waals surface area (Å²) in [4.78, 5) is 40.7. The van der Waals surface area contributed by atoms with Crippen molar-refractivity contribution in [1.82, 2.24) is 9.80 Å². The Kier molecular flexibility index (Phi) is 4.70. The first-order valence-electron chi connectivity index (χ1n) is 9.32. The SMILES string of the molecule is COc1cc(NC(=O)N2CC(N3C(=O)C4CC=CCC4C3=O)C2)cc(OC)c1. The van der Waals surface area contributed by atoms with Crippen molar-refractivity contribution in [1.29, 1.82) is 0 Å². The number of urea groups is 1. The molecule has 4 amide bonds. The number of allylic oxidation sites excluding steroid dienone is 2. The van der Waals surface area contributed by atoms with Gasteiger partial charge in [0, 0.05) is 37.0 Å². The maximum Gasteiger partial charge on any atom is 0.321 e. The number of benzene rings is 1. The Balaban J connectivity index is 1.37. The Morgan fingerprint density at radius 2 is 1.50 bits per heavy atom. The fourth-order valence-electron chi connectivity index (χ4n) is 4.05. The third-order valence-electron chi connectivity index (χ3n) is 5.66. The van der Waals surface area contributed by atoms with Crippen LogP contribution in [0.3, 0.4) is 0 Å². The minimum absolute atomic E-state index is 0.0954. The van der Waals surface area contributed by atoms with Gasteiger partial charge in [0.15, 0.2) is 0 Å². The first kappa shape index (κ1) is 18.3. The Bertz CT molecular complexity index is 798. The highest BCUT2D eigenvalue weighted by molar-refractivity contribution is 6.06. The molecular weight excluding hydrogens is 362 g/mol. The van der Waals surface area contributed by atoms with Crippen molar-refractivity contribution in [3.05, 3.63) is 30.4 Å². The lowest BCUT2D eigenvalue weighted by Crippen LogP contribution is -2.63. The minimum Gasteiger partial charge on any atom is -0.497 e. The van der Waals surface area contributed by atoms with Crippen LogP contribution in [0.4, 0.5) is 10.5 Å². The minimum atomic E-state index is -0.287. The van der Waals surface area contributed by atoms with Crippen molar-refractivity contribution in [2.45, 2.75) is 18.9 Å². The molecule has 3 aliphatic rings. The van der Waals surface area contributed by atoms with Gasteiger partial charge in [-0.25, -0.2) is 4.79 Å². The van der Waals surface area contributed by atoms with E-state index in [2.05, 4.69) is 5.32 Å². The highest BCUT2D eigenvalue weighted by atomic mass is 16.5. The monoisotopic (exact) mass is 385 g/mol. The number of ether oxygens (including phenoxy) is 2. The van der Waals surface area contributed by atoms with E-state index < -0.39 is 0 Å². The van der Waals surface area contributed by atoms with Crippen LogP contribution in [0.25, 0.3) is 0 Å². The second-order valence-corrected chi connectivity index (χ2v) is 7.29. The van der Waals surface area contributed by atoms with E-state index >= 15 is 0 Å². The molecule has 4 rings (SSSR count). The number of fused-ring (bicyclic) bond motifs is 1. The van der Waals surface area contributed by atoms with Gasteiger partial charge in [-0.05, 0) is 12.8 Å². The van der Waals surface area contributed by atoms with Crippen LogP contribution in [-0.2, 0) is 9.59 Å². The van der Waals surface area contributed by atoms with E-state index in [1.54, 1.807) is 23.1 Å². The summed E-state index contributed by atoms with van der Waals surface area (Å²) in [5.74, 6) is 0.486. The number of hydrogen-bond acceptors (Lipinski definition) is 5. The number of carbonyl (C=O) groups is 3. The van der Waals surface area contributed by atoms with Gasteiger partial charge < -0.3 is 19.7 Å². The van der Waals surface area contributed by atoms with E-state index in [0.717, 1.165) is 0 Å². The zero-order valence-electron chi connectivity index (χ0n) is 15.9. The van der Waals surface area contributed by atoms with E-state index in [1.807, 2.05) is 12.2 Å². The molecule has 1 aromatic carbocycles. The average molecular weight is 385 g/mol. The van der Waals surface area contributed by atoms with Crippen LogP contribution in [0.5, 0.6) is 11.5 Å². The lowest BCUT2D eigenvalue weighted by Gasteiger charge is -2.43. The number of hydrogen-bond donors (Lipinski definition) is 1. The van der Waals surface area contributed by atoms with Crippen molar-refractivity contribution >= 4 is 23.5 Å². The molecule has 2 heterocycles. The highest BCUT2D eigenvalue weighted by Gasteiger charge is 2.52. The van der Waals surface area contributed by atoms with Crippen molar-refractivity contribution in [3.63, 3.8) is 0 Å². The summed E-state index contributed by atoms with van der Waals surface area (Å²) in [6.45, 7) is 0.689. The summed E-state index contributed by atoms with van der Waals surface area (Å²) in [5.41, 5.74) is 0.551. The Labute approximate surface area is 163 Å². The number of nitrogens with one attached hydrogen (secondary N) is 1. The molecule has 0 spiro atoms. The van der Waals surface area contributed by atoms with Crippen LogP contribution >= 0.6 is 0 Å². The van der Waals surface area contributed by atoms with Crippen molar-refractivity contribution in [2.75, 3.05) is 32.6 Å². The van der Waals surface area contributed by atoms with Gasteiger partial charge in [-0.15, -0.1) is 0 Å². The van der Waals surface area contributed by atoms with Crippen LogP contribution in [0.1, 0.15) is 12.8 Å². The molecule has 0 saturated carbocycles. The molecule has 0 bridgehead atoms. The van der Waals surface area contributed by atoms with Crippen LogP contribution in [-0.4, -0.2) is 61.0 Å². The average Bonchev–Trinajstić information content (AvgIpc) is 2.92. The molecule has 28 heavy (non-hydrogen) atoms. The fraction of sp³-hybridized carbons (Fsp3) is 0.450. The summed E-state index contributed by atoms with van der Waals surface area (Å²) in [6.07, 6.45) is 5.19. The lowest BCUT2D eigenvalue weighted by atomic mass is 9.85. The smallest absolute Gasteiger partial charge is 0.321 e. The van der Waals surface area contributed by atoms with Gasteiger partial charge in [0.25, 0.3) is 0 Å². The summed E-state index contributed by atoms with van der Waals surface area (Å²) in [7, 11) is 3.08. The van der Waals surface area contributed by atoms with Crippen molar-refractivity contribution in [2.24, 2.45) is 11.8 Å². The largest absolute Gasteiger partial charge is 0.497 e. The van der Waals surface area contributed by atoms with Gasteiger partial charge >= 0.3 is 6.03 Å². The van der Waals surface area contributed by atoms with Crippen LogP contribution < -0.4 is 14.8 Å². The molecule has 1 aromatic rings. The molecule has 8 nitrogen and oxygen atoms in total. The maximum absolute atomic E-state index is 12.6. The third kappa shape index (κ3) is 3.08. The Morgan fingerprint density at radius 1 is 0.964 bits per heavy atom. The molecule has 0 aromatic heterocycles. The van der Waals surface area contributed by atoms with E-state index in [0.29, 0.717) is 43.1 Å². The first-order chi connectivity index (χ1) is 13.5. The number of anilines is 1. The third-order valence-corrected chi connectivity index (χ3v) is 5.66. The number of likely N-dealkylation sites (tertiary alicyclic amines) is 2. The Morgan fingerprint density at radius 3 is 2.00 bits per heavy atom. The Hall–Kier alpha value is -3.03. The molecule has 2 atom stereocenters. The molecule has 2 fully saturated rings. The van der Waals surface area contributed by atoms with Crippen LogP contribution in [0.15, 0.2) is 30.4 Å². The zero-order chi connectivity index (χ0) is 19.8. The summed E-state index contributed by atoms with van der Waals surface area (Å²) in [6, 6.07) is 4.58. The summed E-state index contributed by atoms with van der Waals surface area (Å²) in [5, 5.41) is 2.81. The normalized spacial score (nSPS) is 24.1. The van der Waals surface area contributed by atoms with Crippen LogP contribution in [0, 0.1) is 11.8 Å². The molecule has 148 valence electrons. The second kappa shape index (κ2) is 7.18. The molecule has 0 radical (unpaired) electrons. The van der Waals surface area contributed by atoms with Gasteiger partial charge in [-0.3, -0.25) is 14.5 Å². The number of rotatable bonds is 4. The topological polar surface area (TPSA) is 88.2 Å². The zero-order valence-corrected chi connectivity index (χ0v) is 15.9. The van der Waals surface area contributed by atoms with Gasteiger partial charge in [-0.1, -0.05) is 12.2 Å². The van der Waals surface area contributed by atoms with E-state index in [1.165, 1.54) is 19.1 Å². The molecular formula is C20H23N3O5. The van der Waals surface area contributed by atoms with Gasteiger partial charge in [0.1, 0.15) is 11.5 Å². The van der Waals surface area contributed by atoms with Crippen molar-refractivity contribution < 1.29 is 23.9 Å². The molecule has 1 aliphatic carbocycles. The predicted octanol–water partition coefficient (Wildman–Crippen LogP) is 1.87. The van der Waals surface area contributed by atoms with E-state index in [4.69, 9.17) is 9.47 Å². The number of imide groups is 1. The van der Waals surface area contributed by atoms with Gasteiger partial charge in [0.05, 0.1) is 32.1 Å². The number of amides is 4. The number of nitrogens with zero attached hydrogens (tertiary/aromatic N) is 2.